The molecule has 0 amide bonds. The first-order valence-corrected chi connectivity index (χ1v) is 6.46. The highest BCUT2D eigenvalue weighted by Gasteiger charge is 2.10. The molecule has 0 fully saturated rings. The number of hydrogen-bond acceptors (Lipinski definition) is 2. The molecule has 20 heavy (non-hydrogen) atoms. The molecule has 0 N–H and O–H groups in total. The minimum absolute atomic E-state index is 0.0542. The summed E-state index contributed by atoms with van der Waals surface area (Å²) in [7, 11) is 1.62. The monoisotopic (exact) mass is 265 g/mol. The average molecular weight is 265 g/mol. The third-order valence-corrected chi connectivity index (χ3v) is 3.49. The lowest BCUT2D eigenvalue weighted by Gasteiger charge is -2.14. The zero-order valence-corrected chi connectivity index (χ0v) is 11.3. The zero-order valence-electron chi connectivity index (χ0n) is 11.3. The standard InChI is InChI=1S/C17H15NO2/c1-3-10-18-15-7-5-4-6-13(15)17(19)14-9-8-12(20-2)11-16(14)18/h3-9,11H,1,10H2,2H3. The fourth-order valence-corrected chi connectivity index (χ4v) is 2.56. The van der Waals surface area contributed by atoms with E-state index in [4.69, 9.17) is 4.74 Å². The fourth-order valence-electron chi connectivity index (χ4n) is 2.56. The molecular formula is C17H15NO2. The highest BCUT2D eigenvalue weighted by molar-refractivity contribution is 5.94. The molecule has 0 atom stereocenters. The van der Waals surface area contributed by atoms with Crippen molar-refractivity contribution in [1.82, 2.24) is 4.57 Å². The van der Waals surface area contributed by atoms with Crippen molar-refractivity contribution >= 4 is 21.8 Å². The predicted octanol–water partition coefficient (Wildman–Crippen LogP) is 3.35. The molecule has 0 aliphatic heterocycles. The van der Waals surface area contributed by atoms with E-state index in [0.29, 0.717) is 11.9 Å². The number of nitrogens with zero attached hydrogens (tertiary/aromatic N) is 1. The number of pyridine rings is 1. The average Bonchev–Trinajstić information content (AvgIpc) is 2.51. The molecule has 0 saturated heterocycles. The summed E-state index contributed by atoms with van der Waals surface area (Å²) in [5.74, 6) is 0.741. The van der Waals surface area contributed by atoms with Crippen molar-refractivity contribution in [2.24, 2.45) is 0 Å². The molecule has 0 unspecified atom stereocenters. The highest BCUT2D eigenvalue weighted by atomic mass is 16.5. The number of fused-ring (bicyclic) bond motifs is 2. The minimum Gasteiger partial charge on any atom is -0.497 e. The third kappa shape index (κ3) is 1.79. The Morgan fingerprint density at radius 1 is 1.15 bits per heavy atom. The molecule has 100 valence electrons. The van der Waals surface area contributed by atoms with Crippen molar-refractivity contribution in [1.29, 1.82) is 0 Å². The van der Waals surface area contributed by atoms with E-state index in [1.54, 1.807) is 7.11 Å². The van der Waals surface area contributed by atoms with Crippen LogP contribution >= 0.6 is 0 Å². The van der Waals surface area contributed by atoms with E-state index in [0.717, 1.165) is 22.2 Å². The lowest BCUT2D eigenvalue weighted by molar-refractivity contribution is 0.415. The molecule has 0 radical (unpaired) electrons. The van der Waals surface area contributed by atoms with Gasteiger partial charge < -0.3 is 9.30 Å². The van der Waals surface area contributed by atoms with Gasteiger partial charge in [0, 0.05) is 23.4 Å². The van der Waals surface area contributed by atoms with Gasteiger partial charge in [-0.05, 0) is 24.3 Å². The fraction of sp³-hybridized carbons (Fsp3) is 0.118. The van der Waals surface area contributed by atoms with Crippen molar-refractivity contribution in [3.63, 3.8) is 0 Å². The van der Waals surface area contributed by atoms with Crippen molar-refractivity contribution < 1.29 is 4.74 Å². The summed E-state index contributed by atoms with van der Waals surface area (Å²) in [5.41, 5.74) is 1.84. The van der Waals surface area contributed by atoms with Crippen LogP contribution in [-0.2, 0) is 6.54 Å². The highest BCUT2D eigenvalue weighted by Crippen LogP contribution is 2.23. The van der Waals surface area contributed by atoms with Crippen LogP contribution in [-0.4, -0.2) is 11.7 Å². The van der Waals surface area contributed by atoms with E-state index in [1.807, 2.05) is 48.5 Å². The first-order valence-electron chi connectivity index (χ1n) is 6.46. The Hall–Kier alpha value is -2.55. The van der Waals surface area contributed by atoms with E-state index < -0.39 is 0 Å². The molecule has 1 aromatic heterocycles. The second-order valence-corrected chi connectivity index (χ2v) is 4.63. The molecule has 3 heteroatoms. The molecular weight excluding hydrogens is 250 g/mol. The number of hydrogen-bond donors (Lipinski definition) is 0. The van der Waals surface area contributed by atoms with Crippen LogP contribution in [0.15, 0.2) is 59.9 Å². The van der Waals surface area contributed by atoms with Crippen molar-refractivity contribution in [2.75, 3.05) is 7.11 Å². The van der Waals surface area contributed by atoms with E-state index in [-0.39, 0.29) is 5.43 Å². The molecule has 3 rings (SSSR count). The lowest BCUT2D eigenvalue weighted by atomic mass is 10.1. The van der Waals surface area contributed by atoms with Gasteiger partial charge in [0.25, 0.3) is 0 Å². The summed E-state index contributed by atoms with van der Waals surface area (Å²) < 4.78 is 7.35. The lowest BCUT2D eigenvalue weighted by Crippen LogP contribution is -2.11. The summed E-state index contributed by atoms with van der Waals surface area (Å²) in [6, 6.07) is 13.2. The maximum Gasteiger partial charge on any atom is 0.197 e. The zero-order chi connectivity index (χ0) is 14.1. The minimum atomic E-state index is 0.0542. The molecule has 0 aliphatic rings. The Bertz CT molecular complexity index is 862. The molecule has 0 bridgehead atoms. The smallest absolute Gasteiger partial charge is 0.197 e. The maximum absolute atomic E-state index is 12.6. The van der Waals surface area contributed by atoms with Gasteiger partial charge in [-0.3, -0.25) is 4.79 Å². The van der Waals surface area contributed by atoms with E-state index >= 15 is 0 Å². The van der Waals surface area contributed by atoms with E-state index in [2.05, 4.69) is 11.1 Å². The number of allylic oxidation sites excluding steroid dienone is 1. The molecule has 1 heterocycles. The Morgan fingerprint density at radius 3 is 2.65 bits per heavy atom. The largest absolute Gasteiger partial charge is 0.497 e. The molecule has 0 spiro atoms. The van der Waals surface area contributed by atoms with Crippen LogP contribution in [0, 0.1) is 0 Å². The van der Waals surface area contributed by atoms with Crippen molar-refractivity contribution in [2.45, 2.75) is 6.54 Å². The van der Waals surface area contributed by atoms with Gasteiger partial charge in [0.05, 0.1) is 18.1 Å². The van der Waals surface area contributed by atoms with Gasteiger partial charge in [-0.15, -0.1) is 6.58 Å². The summed E-state index contributed by atoms with van der Waals surface area (Å²) in [6.07, 6.45) is 1.83. The SMILES string of the molecule is C=CCn1c2ccccc2c(=O)c2ccc(OC)cc21. The third-order valence-electron chi connectivity index (χ3n) is 3.49. The summed E-state index contributed by atoms with van der Waals surface area (Å²) in [6.45, 7) is 4.45. The number of rotatable bonds is 3. The molecule has 3 nitrogen and oxygen atoms in total. The predicted molar refractivity (Wildman–Crippen MR) is 82.5 cm³/mol. The number of ether oxygens (including phenoxy) is 1. The second-order valence-electron chi connectivity index (χ2n) is 4.63. The Kier molecular flexibility index (Phi) is 3.03. The number of benzene rings is 2. The number of para-hydroxylation sites is 1. The van der Waals surface area contributed by atoms with E-state index in [9.17, 15) is 4.79 Å². The first-order chi connectivity index (χ1) is 9.76. The Labute approximate surface area is 116 Å². The van der Waals surface area contributed by atoms with Crippen LogP contribution < -0.4 is 10.2 Å². The van der Waals surface area contributed by atoms with Crippen LogP contribution in [0.25, 0.3) is 21.8 Å². The molecule has 0 saturated carbocycles. The van der Waals surface area contributed by atoms with Gasteiger partial charge >= 0.3 is 0 Å². The van der Waals surface area contributed by atoms with Crippen LogP contribution in [0.4, 0.5) is 0 Å². The molecule has 2 aromatic carbocycles. The molecule has 0 aliphatic carbocycles. The van der Waals surface area contributed by atoms with Crippen LogP contribution in [0.1, 0.15) is 0 Å². The van der Waals surface area contributed by atoms with Gasteiger partial charge in [0.15, 0.2) is 5.43 Å². The van der Waals surface area contributed by atoms with Gasteiger partial charge in [-0.2, -0.15) is 0 Å². The Balaban J connectivity index is 2.55. The quantitative estimate of drug-likeness (QED) is 0.537. The van der Waals surface area contributed by atoms with Gasteiger partial charge in [0.1, 0.15) is 5.75 Å². The maximum atomic E-state index is 12.6. The topological polar surface area (TPSA) is 31.2 Å². The second kappa shape index (κ2) is 4.85. The number of aromatic nitrogens is 1. The first kappa shape index (κ1) is 12.5. The van der Waals surface area contributed by atoms with E-state index in [1.165, 1.54) is 0 Å². The van der Waals surface area contributed by atoms with Crippen LogP contribution in [0.2, 0.25) is 0 Å². The van der Waals surface area contributed by atoms with Gasteiger partial charge in [-0.1, -0.05) is 18.2 Å². The normalized spacial score (nSPS) is 10.8. The number of methoxy groups -OCH3 is 1. The molecule has 3 aromatic rings. The van der Waals surface area contributed by atoms with Crippen LogP contribution in [0.5, 0.6) is 5.75 Å². The van der Waals surface area contributed by atoms with Gasteiger partial charge in [-0.25, -0.2) is 0 Å². The van der Waals surface area contributed by atoms with Gasteiger partial charge in [0.2, 0.25) is 0 Å². The summed E-state index contributed by atoms with van der Waals surface area (Å²) >= 11 is 0. The van der Waals surface area contributed by atoms with Crippen molar-refractivity contribution in [3.05, 3.63) is 65.3 Å². The summed E-state index contributed by atoms with van der Waals surface area (Å²) in [5, 5.41) is 1.43. The summed E-state index contributed by atoms with van der Waals surface area (Å²) in [4.78, 5) is 12.6. The van der Waals surface area contributed by atoms with Crippen LogP contribution in [0.3, 0.4) is 0 Å². The van der Waals surface area contributed by atoms with Crippen molar-refractivity contribution in [3.8, 4) is 5.75 Å². The Morgan fingerprint density at radius 2 is 1.90 bits per heavy atom.